The lowest BCUT2D eigenvalue weighted by atomic mass is 10.2. The van der Waals surface area contributed by atoms with Crippen LogP contribution in [0.25, 0.3) is 10.9 Å². The van der Waals surface area contributed by atoms with Crippen LogP contribution in [0.3, 0.4) is 0 Å². The minimum atomic E-state index is -0.334. The number of hydrogen-bond donors (Lipinski definition) is 0. The van der Waals surface area contributed by atoms with Crippen LogP contribution in [0.2, 0.25) is 0 Å². The van der Waals surface area contributed by atoms with Crippen molar-refractivity contribution in [1.82, 2.24) is 4.57 Å². The Balaban J connectivity index is 2.10. The molecule has 0 amide bonds. The molecule has 0 radical (unpaired) electrons. The summed E-state index contributed by atoms with van der Waals surface area (Å²) in [5, 5.41) is 12.0. The van der Waals surface area contributed by atoms with Crippen molar-refractivity contribution in [2.45, 2.75) is 6.54 Å². The average Bonchev–Trinajstić information content (AvgIpc) is 2.82. The van der Waals surface area contributed by atoms with Crippen molar-refractivity contribution < 1.29 is 4.92 Å². The van der Waals surface area contributed by atoms with Gasteiger partial charge in [0.25, 0.3) is 5.69 Å². The average molecular weight is 331 g/mol. The van der Waals surface area contributed by atoms with Gasteiger partial charge in [-0.15, -0.1) is 0 Å². The lowest BCUT2D eigenvalue weighted by molar-refractivity contribution is -0.383. The Morgan fingerprint density at radius 2 is 1.95 bits per heavy atom. The molecule has 0 aliphatic carbocycles. The second-order valence-corrected chi connectivity index (χ2v) is 5.46. The SMILES string of the molecule is O=[N+]([O-])c1cccc2ccn(Cc3cccc(Br)c3)c12. The number of hydrogen-bond acceptors (Lipinski definition) is 2. The molecule has 0 unspecified atom stereocenters. The van der Waals surface area contributed by atoms with Crippen LogP contribution in [0, 0.1) is 10.1 Å². The van der Waals surface area contributed by atoms with Crippen molar-refractivity contribution in [3.05, 3.63) is 74.9 Å². The van der Waals surface area contributed by atoms with Gasteiger partial charge in [-0.25, -0.2) is 0 Å². The second kappa shape index (κ2) is 5.09. The third-order valence-corrected chi connectivity index (χ3v) is 3.70. The van der Waals surface area contributed by atoms with Gasteiger partial charge in [0.15, 0.2) is 0 Å². The van der Waals surface area contributed by atoms with Crippen molar-refractivity contribution >= 4 is 32.5 Å². The van der Waals surface area contributed by atoms with E-state index in [0.29, 0.717) is 12.1 Å². The summed E-state index contributed by atoms with van der Waals surface area (Å²) in [6, 6.07) is 15.0. The zero-order valence-corrected chi connectivity index (χ0v) is 12.1. The molecule has 0 spiro atoms. The van der Waals surface area contributed by atoms with Crippen molar-refractivity contribution in [2.75, 3.05) is 0 Å². The number of aromatic nitrogens is 1. The highest BCUT2D eigenvalue weighted by Crippen LogP contribution is 2.27. The van der Waals surface area contributed by atoms with E-state index in [1.807, 2.05) is 47.2 Å². The molecule has 20 heavy (non-hydrogen) atoms. The Bertz CT molecular complexity index is 795. The van der Waals surface area contributed by atoms with Crippen LogP contribution in [0.1, 0.15) is 5.56 Å². The summed E-state index contributed by atoms with van der Waals surface area (Å²) in [4.78, 5) is 10.8. The molecule has 3 rings (SSSR count). The molecule has 0 bridgehead atoms. The Hall–Kier alpha value is -2.14. The first-order valence-electron chi connectivity index (χ1n) is 6.12. The van der Waals surface area contributed by atoms with Crippen LogP contribution < -0.4 is 0 Å². The van der Waals surface area contributed by atoms with Gasteiger partial charge in [0.05, 0.1) is 4.92 Å². The van der Waals surface area contributed by atoms with Crippen molar-refractivity contribution in [3.8, 4) is 0 Å². The number of para-hydroxylation sites is 1. The lowest BCUT2D eigenvalue weighted by Crippen LogP contribution is -2.00. The number of fused-ring (bicyclic) bond motifs is 1. The van der Waals surface area contributed by atoms with Gasteiger partial charge in [0.2, 0.25) is 0 Å². The van der Waals surface area contributed by atoms with Gasteiger partial charge in [-0.1, -0.05) is 40.2 Å². The van der Waals surface area contributed by atoms with E-state index >= 15 is 0 Å². The molecule has 0 aliphatic heterocycles. The van der Waals surface area contributed by atoms with E-state index in [1.165, 1.54) is 0 Å². The number of rotatable bonds is 3. The normalized spacial score (nSPS) is 10.8. The number of nitro benzene ring substituents is 1. The van der Waals surface area contributed by atoms with E-state index < -0.39 is 0 Å². The summed E-state index contributed by atoms with van der Waals surface area (Å²) >= 11 is 3.44. The molecule has 2 aromatic carbocycles. The molecule has 0 saturated heterocycles. The standard InChI is InChI=1S/C15H11BrN2O2/c16-13-5-1-3-11(9-13)10-17-8-7-12-4-2-6-14(15(12)17)18(19)20/h1-9H,10H2. The van der Waals surface area contributed by atoms with Gasteiger partial charge in [-0.3, -0.25) is 10.1 Å². The Morgan fingerprint density at radius 3 is 2.70 bits per heavy atom. The highest BCUT2D eigenvalue weighted by Gasteiger charge is 2.15. The first kappa shape index (κ1) is 12.9. The van der Waals surface area contributed by atoms with Crippen LogP contribution in [-0.2, 0) is 6.54 Å². The first-order chi connectivity index (χ1) is 9.65. The van der Waals surface area contributed by atoms with E-state index in [9.17, 15) is 10.1 Å². The number of nitrogens with zero attached hydrogens (tertiary/aromatic N) is 2. The molecule has 0 aliphatic rings. The minimum absolute atomic E-state index is 0.141. The Kier molecular flexibility index (Phi) is 3.28. The van der Waals surface area contributed by atoms with Gasteiger partial charge in [-0.05, 0) is 23.8 Å². The smallest absolute Gasteiger partial charge is 0.293 e. The predicted octanol–water partition coefficient (Wildman–Crippen LogP) is 4.36. The molecular formula is C15H11BrN2O2. The molecule has 0 atom stereocenters. The predicted molar refractivity (Wildman–Crippen MR) is 81.8 cm³/mol. The van der Waals surface area contributed by atoms with E-state index in [0.717, 1.165) is 15.4 Å². The maximum atomic E-state index is 11.2. The zero-order valence-electron chi connectivity index (χ0n) is 10.5. The van der Waals surface area contributed by atoms with Gasteiger partial charge in [0.1, 0.15) is 5.52 Å². The first-order valence-corrected chi connectivity index (χ1v) is 6.91. The Morgan fingerprint density at radius 1 is 1.15 bits per heavy atom. The maximum Gasteiger partial charge on any atom is 0.293 e. The molecular weight excluding hydrogens is 320 g/mol. The van der Waals surface area contributed by atoms with E-state index in [2.05, 4.69) is 15.9 Å². The highest BCUT2D eigenvalue weighted by atomic mass is 79.9. The molecule has 0 fully saturated rings. The topological polar surface area (TPSA) is 48.1 Å². The van der Waals surface area contributed by atoms with E-state index in [-0.39, 0.29) is 10.6 Å². The largest absolute Gasteiger partial charge is 0.337 e. The van der Waals surface area contributed by atoms with Crippen molar-refractivity contribution in [1.29, 1.82) is 0 Å². The van der Waals surface area contributed by atoms with Gasteiger partial charge in [0, 0.05) is 28.7 Å². The van der Waals surface area contributed by atoms with Crippen LogP contribution >= 0.6 is 15.9 Å². The second-order valence-electron chi connectivity index (χ2n) is 4.55. The fourth-order valence-electron chi connectivity index (χ4n) is 2.35. The summed E-state index contributed by atoms with van der Waals surface area (Å²) in [5.41, 5.74) is 1.90. The lowest BCUT2D eigenvalue weighted by Gasteiger charge is -2.06. The molecule has 100 valence electrons. The Labute approximate surface area is 123 Å². The molecule has 0 saturated carbocycles. The van der Waals surface area contributed by atoms with Crippen LogP contribution in [0.15, 0.2) is 59.2 Å². The minimum Gasteiger partial charge on any atom is -0.337 e. The van der Waals surface area contributed by atoms with Gasteiger partial charge < -0.3 is 4.57 Å². The molecule has 5 heteroatoms. The van der Waals surface area contributed by atoms with Gasteiger partial charge in [-0.2, -0.15) is 0 Å². The third-order valence-electron chi connectivity index (χ3n) is 3.21. The van der Waals surface area contributed by atoms with Crippen molar-refractivity contribution in [3.63, 3.8) is 0 Å². The molecule has 1 heterocycles. The van der Waals surface area contributed by atoms with Crippen LogP contribution in [-0.4, -0.2) is 9.49 Å². The summed E-state index contributed by atoms with van der Waals surface area (Å²) in [6.07, 6.45) is 1.89. The monoisotopic (exact) mass is 330 g/mol. The maximum absolute atomic E-state index is 11.2. The zero-order chi connectivity index (χ0) is 14.1. The number of nitro groups is 1. The fraction of sp³-hybridized carbons (Fsp3) is 0.0667. The molecule has 4 nitrogen and oxygen atoms in total. The quantitative estimate of drug-likeness (QED) is 0.529. The van der Waals surface area contributed by atoms with Crippen molar-refractivity contribution in [2.24, 2.45) is 0 Å². The fourth-order valence-corrected chi connectivity index (χ4v) is 2.80. The number of non-ortho nitro benzene ring substituents is 1. The number of halogens is 1. The molecule has 0 N–H and O–H groups in total. The summed E-state index contributed by atoms with van der Waals surface area (Å²) < 4.78 is 2.91. The van der Waals surface area contributed by atoms with Crippen LogP contribution in [0.5, 0.6) is 0 Å². The summed E-state index contributed by atoms with van der Waals surface area (Å²) in [7, 11) is 0. The summed E-state index contributed by atoms with van der Waals surface area (Å²) in [6.45, 7) is 0.605. The van der Waals surface area contributed by atoms with Crippen LogP contribution in [0.4, 0.5) is 5.69 Å². The highest BCUT2D eigenvalue weighted by molar-refractivity contribution is 9.10. The van der Waals surface area contributed by atoms with E-state index in [4.69, 9.17) is 0 Å². The number of benzene rings is 2. The summed E-state index contributed by atoms with van der Waals surface area (Å²) in [5.74, 6) is 0. The third kappa shape index (κ3) is 2.32. The van der Waals surface area contributed by atoms with E-state index in [1.54, 1.807) is 12.1 Å². The molecule has 3 aromatic rings. The molecule has 1 aromatic heterocycles. The van der Waals surface area contributed by atoms with Gasteiger partial charge >= 0.3 is 0 Å².